The molecule has 4 heteroatoms. The third-order valence-electron chi connectivity index (χ3n) is 0.662. The highest BCUT2D eigenvalue weighted by atomic mass is 35.5. The minimum atomic E-state index is -0.222. The lowest BCUT2D eigenvalue weighted by Gasteiger charge is -2.04. The molecule has 0 amide bonds. The predicted octanol–water partition coefficient (Wildman–Crippen LogP) is 5.24. The Kier molecular flexibility index (Phi) is 14.6. The predicted molar refractivity (Wildman–Crippen MR) is 71.2 cm³/mol. The second-order valence-corrected chi connectivity index (χ2v) is 7.86. The number of alkyl halides is 2. The SMILES string of the molecule is CC(C)CSSC(C)C.CC(Cl)Cl. The van der Waals surface area contributed by atoms with Crippen molar-refractivity contribution in [3.05, 3.63) is 0 Å². The van der Waals surface area contributed by atoms with Crippen LogP contribution in [0, 0.1) is 5.92 Å². The molecule has 0 aromatic heterocycles. The molecule has 0 saturated carbocycles. The van der Waals surface area contributed by atoms with Crippen molar-refractivity contribution < 1.29 is 0 Å². The van der Waals surface area contributed by atoms with E-state index in [1.165, 1.54) is 5.75 Å². The van der Waals surface area contributed by atoms with Crippen molar-refractivity contribution in [1.29, 1.82) is 0 Å². The number of rotatable bonds is 4. The van der Waals surface area contributed by atoms with Gasteiger partial charge in [0.1, 0.15) is 4.84 Å². The maximum absolute atomic E-state index is 5.04. The summed E-state index contributed by atoms with van der Waals surface area (Å²) in [6.45, 7) is 10.7. The van der Waals surface area contributed by atoms with Crippen LogP contribution >= 0.6 is 44.8 Å². The Bertz CT molecular complexity index is 84.9. The molecule has 0 aliphatic rings. The highest BCUT2D eigenvalue weighted by Gasteiger charge is 1.96. The number of hydrogen-bond acceptors (Lipinski definition) is 2. The Morgan fingerprint density at radius 2 is 1.38 bits per heavy atom. The fourth-order valence-electron chi connectivity index (χ4n) is 0.311. The van der Waals surface area contributed by atoms with Gasteiger partial charge in [-0.05, 0) is 12.8 Å². The van der Waals surface area contributed by atoms with Crippen LogP contribution in [0.3, 0.4) is 0 Å². The normalized spacial score (nSPS) is 10.6. The second kappa shape index (κ2) is 11.4. The van der Waals surface area contributed by atoms with E-state index in [4.69, 9.17) is 23.2 Å². The molecule has 0 aliphatic heterocycles. The average Bonchev–Trinajstić information content (AvgIpc) is 1.83. The van der Waals surface area contributed by atoms with Crippen LogP contribution in [0.25, 0.3) is 0 Å². The Labute approximate surface area is 101 Å². The molecule has 0 nitrogen and oxygen atoms in total. The second-order valence-electron chi connectivity index (χ2n) is 3.34. The molecule has 0 fully saturated rings. The summed E-state index contributed by atoms with van der Waals surface area (Å²) >= 11 is 10.1. The van der Waals surface area contributed by atoms with E-state index < -0.39 is 0 Å². The van der Waals surface area contributed by atoms with Crippen LogP contribution < -0.4 is 0 Å². The Balaban J connectivity index is 0. The molecule has 0 aromatic rings. The Morgan fingerprint density at radius 3 is 1.62 bits per heavy atom. The summed E-state index contributed by atoms with van der Waals surface area (Å²) in [4.78, 5) is -0.222. The van der Waals surface area contributed by atoms with Crippen LogP contribution in [0.2, 0.25) is 0 Å². The molecule has 0 saturated heterocycles. The fourth-order valence-corrected chi connectivity index (χ4v) is 2.80. The number of hydrogen-bond donors (Lipinski definition) is 0. The van der Waals surface area contributed by atoms with Gasteiger partial charge >= 0.3 is 0 Å². The lowest BCUT2D eigenvalue weighted by atomic mass is 10.3. The van der Waals surface area contributed by atoms with Crippen LogP contribution in [0.1, 0.15) is 34.6 Å². The van der Waals surface area contributed by atoms with Crippen molar-refractivity contribution in [2.24, 2.45) is 5.92 Å². The van der Waals surface area contributed by atoms with E-state index in [1.807, 2.05) is 21.6 Å². The molecular weight excluding hydrogens is 243 g/mol. The lowest BCUT2D eigenvalue weighted by Crippen LogP contribution is -1.89. The zero-order valence-corrected chi connectivity index (χ0v) is 12.2. The highest BCUT2D eigenvalue weighted by molar-refractivity contribution is 8.76. The summed E-state index contributed by atoms with van der Waals surface area (Å²) in [6, 6.07) is 0. The van der Waals surface area contributed by atoms with Gasteiger partial charge in [-0.2, -0.15) is 0 Å². The smallest absolute Gasteiger partial charge is 0.105 e. The van der Waals surface area contributed by atoms with Crippen LogP contribution in [-0.4, -0.2) is 15.8 Å². The van der Waals surface area contributed by atoms with Gasteiger partial charge in [0.05, 0.1) is 0 Å². The van der Waals surface area contributed by atoms with Gasteiger partial charge < -0.3 is 0 Å². The molecule has 0 unspecified atom stereocenters. The van der Waals surface area contributed by atoms with E-state index in [1.54, 1.807) is 6.92 Å². The summed E-state index contributed by atoms with van der Waals surface area (Å²) in [6.07, 6.45) is 0. The number of halogens is 2. The summed E-state index contributed by atoms with van der Waals surface area (Å²) in [5.74, 6) is 2.12. The van der Waals surface area contributed by atoms with E-state index in [-0.39, 0.29) is 4.84 Å². The molecule has 0 aromatic carbocycles. The zero-order chi connectivity index (χ0) is 10.9. The quantitative estimate of drug-likeness (QED) is 0.502. The first kappa shape index (κ1) is 16.7. The van der Waals surface area contributed by atoms with Gasteiger partial charge in [0.25, 0.3) is 0 Å². The molecule has 0 spiro atoms. The van der Waals surface area contributed by atoms with Crippen LogP contribution in [0.15, 0.2) is 0 Å². The topological polar surface area (TPSA) is 0 Å². The minimum absolute atomic E-state index is 0.222. The van der Waals surface area contributed by atoms with E-state index in [2.05, 4.69) is 27.7 Å². The summed E-state index contributed by atoms with van der Waals surface area (Å²) < 4.78 is 0. The Morgan fingerprint density at radius 1 is 1.00 bits per heavy atom. The van der Waals surface area contributed by atoms with E-state index >= 15 is 0 Å². The molecule has 0 N–H and O–H groups in total. The zero-order valence-electron chi connectivity index (χ0n) is 9.01. The maximum atomic E-state index is 5.04. The summed E-state index contributed by atoms with van der Waals surface area (Å²) in [5.41, 5.74) is 0. The molecule has 0 heterocycles. The molecular formula is C9H20Cl2S2. The van der Waals surface area contributed by atoms with Crippen LogP contribution in [-0.2, 0) is 0 Å². The first-order valence-corrected chi connectivity index (χ1v) is 7.68. The molecule has 13 heavy (non-hydrogen) atoms. The van der Waals surface area contributed by atoms with Gasteiger partial charge in [-0.1, -0.05) is 49.3 Å². The van der Waals surface area contributed by atoms with Crippen molar-refractivity contribution in [2.75, 3.05) is 5.75 Å². The first-order valence-electron chi connectivity index (χ1n) is 4.42. The molecule has 0 bridgehead atoms. The third kappa shape index (κ3) is 31.9. The first-order chi connectivity index (χ1) is 5.86. The Hall–Kier alpha value is 1.28. The highest BCUT2D eigenvalue weighted by Crippen LogP contribution is 2.27. The van der Waals surface area contributed by atoms with Gasteiger partial charge in [-0.15, -0.1) is 23.2 Å². The minimum Gasteiger partial charge on any atom is -0.106 e. The summed E-state index contributed by atoms with van der Waals surface area (Å²) in [5, 5.41) is 0.772. The van der Waals surface area contributed by atoms with Gasteiger partial charge in [-0.3, -0.25) is 0 Å². The van der Waals surface area contributed by atoms with Crippen LogP contribution in [0.5, 0.6) is 0 Å². The molecule has 0 aliphatic carbocycles. The molecule has 82 valence electrons. The van der Waals surface area contributed by atoms with E-state index in [0.717, 1.165) is 11.2 Å². The van der Waals surface area contributed by atoms with E-state index in [9.17, 15) is 0 Å². The van der Waals surface area contributed by atoms with Crippen molar-refractivity contribution in [3.8, 4) is 0 Å². The molecule has 0 rings (SSSR count). The largest absolute Gasteiger partial charge is 0.106 e. The standard InChI is InChI=1S/C7H16S2.C2H4Cl2/c1-6(2)5-8-9-7(3)4;1-2(3)4/h6-7H,5H2,1-4H3;2H,1H3. The van der Waals surface area contributed by atoms with Gasteiger partial charge in [0.2, 0.25) is 0 Å². The van der Waals surface area contributed by atoms with Gasteiger partial charge in [-0.25, -0.2) is 0 Å². The third-order valence-corrected chi connectivity index (χ3v) is 3.96. The van der Waals surface area contributed by atoms with Crippen LogP contribution in [0.4, 0.5) is 0 Å². The molecule has 0 atom stereocenters. The monoisotopic (exact) mass is 262 g/mol. The maximum Gasteiger partial charge on any atom is 0.105 e. The van der Waals surface area contributed by atoms with E-state index in [0.29, 0.717) is 0 Å². The van der Waals surface area contributed by atoms with Gasteiger partial charge in [0, 0.05) is 11.0 Å². The van der Waals surface area contributed by atoms with Crippen molar-refractivity contribution in [2.45, 2.75) is 44.7 Å². The van der Waals surface area contributed by atoms with Crippen molar-refractivity contribution in [1.82, 2.24) is 0 Å². The van der Waals surface area contributed by atoms with Crippen molar-refractivity contribution in [3.63, 3.8) is 0 Å². The van der Waals surface area contributed by atoms with Crippen molar-refractivity contribution >= 4 is 44.8 Å². The lowest BCUT2D eigenvalue weighted by molar-refractivity contribution is 0.752. The fraction of sp³-hybridized carbons (Fsp3) is 1.00. The summed E-state index contributed by atoms with van der Waals surface area (Å²) in [7, 11) is 3.96. The average molecular weight is 263 g/mol. The molecule has 0 radical (unpaired) electrons. The van der Waals surface area contributed by atoms with Gasteiger partial charge in [0.15, 0.2) is 0 Å².